The number of hydrogen-bond donors (Lipinski definition) is 2. The standard InChI is InChI=1S/C18H18BrN5O2S/c1-11-8-12(19)6-7-13(11)20-16(25)9-24(2)10-17(26)21-14-4-3-5-15-18(14)23-27-22-15/h3-8H,9-10H2,1-2H3,(H,20,25)(H,21,26). The Labute approximate surface area is 169 Å². The van der Waals surface area contributed by atoms with Gasteiger partial charge >= 0.3 is 0 Å². The smallest absolute Gasteiger partial charge is 0.238 e. The van der Waals surface area contributed by atoms with E-state index >= 15 is 0 Å². The minimum Gasteiger partial charge on any atom is -0.325 e. The summed E-state index contributed by atoms with van der Waals surface area (Å²) in [7, 11) is 1.72. The van der Waals surface area contributed by atoms with Crippen LogP contribution in [0.25, 0.3) is 11.0 Å². The molecule has 0 fully saturated rings. The van der Waals surface area contributed by atoms with Gasteiger partial charge in [0.05, 0.1) is 30.5 Å². The van der Waals surface area contributed by atoms with E-state index in [-0.39, 0.29) is 24.9 Å². The molecule has 0 aliphatic heterocycles. The average molecular weight is 448 g/mol. The zero-order valence-electron chi connectivity index (χ0n) is 14.8. The van der Waals surface area contributed by atoms with Gasteiger partial charge in [-0.05, 0) is 49.9 Å². The van der Waals surface area contributed by atoms with Crippen molar-refractivity contribution in [2.45, 2.75) is 6.92 Å². The molecule has 7 nitrogen and oxygen atoms in total. The monoisotopic (exact) mass is 447 g/mol. The largest absolute Gasteiger partial charge is 0.325 e. The molecular weight excluding hydrogens is 430 g/mol. The Morgan fingerprint density at radius 1 is 1.07 bits per heavy atom. The molecule has 27 heavy (non-hydrogen) atoms. The number of carbonyl (C=O) groups excluding carboxylic acids is 2. The van der Waals surface area contributed by atoms with Crippen LogP contribution in [0.4, 0.5) is 11.4 Å². The van der Waals surface area contributed by atoms with Gasteiger partial charge < -0.3 is 10.6 Å². The number of benzene rings is 2. The van der Waals surface area contributed by atoms with Crippen molar-refractivity contribution in [2.24, 2.45) is 0 Å². The molecule has 1 aromatic heterocycles. The summed E-state index contributed by atoms with van der Waals surface area (Å²) in [6, 6.07) is 11.1. The number of hydrogen-bond acceptors (Lipinski definition) is 6. The Kier molecular flexibility index (Phi) is 6.15. The lowest BCUT2D eigenvalue weighted by molar-refractivity contribution is -0.119. The number of nitrogens with zero attached hydrogens (tertiary/aromatic N) is 3. The number of nitrogens with one attached hydrogen (secondary N) is 2. The molecule has 0 saturated carbocycles. The molecular formula is C18H18BrN5O2S. The second-order valence-electron chi connectivity index (χ2n) is 6.17. The van der Waals surface area contributed by atoms with E-state index in [4.69, 9.17) is 0 Å². The van der Waals surface area contributed by atoms with E-state index in [2.05, 4.69) is 35.3 Å². The predicted octanol–water partition coefficient (Wildman–Crippen LogP) is 3.27. The van der Waals surface area contributed by atoms with Gasteiger partial charge in [-0.25, -0.2) is 0 Å². The summed E-state index contributed by atoms with van der Waals surface area (Å²) in [5.41, 5.74) is 3.75. The summed E-state index contributed by atoms with van der Waals surface area (Å²) in [5, 5.41) is 5.69. The highest BCUT2D eigenvalue weighted by atomic mass is 79.9. The molecule has 0 unspecified atom stereocenters. The van der Waals surface area contributed by atoms with Gasteiger partial charge in [-0.1, -0.05) is 22.0 Å². The maximum atomic E-state index is 12.3. The van der Waals surface area contributed by atoms with Crippen molar-refractivity contribution in [3.05, 3.63) is 46.4 Å². The van der Waals surface area contributed by atoms with Crippen molar-refractivity contribution >= 4 is 61.9 Å². The van der Waals surface area contributed by atoms with E-state index in [0.29, 0.717) is 11.2 Å². The van der Waals surface area contributed by atoms with Gasteiger partial charge in [-0.3, -0.25) is 14.5 Å². The Morgan fingerprint density at radius 3 is 2.48 bits per heavy atom. The van der Waals surface area contributed by atoms with Crippen LogP contribution in [0.5, 0.6) is 0 Å². The summed E-state index contributed by atoms with van der Waals surface area (Å²) in [6.45, 7) is 2.11. The molecule has 1 heterocycles. The Morgan fingerprint density at radius 2 is 1.78 bits per heavy atom. The van der Waals surface area contributed by atoms with Gasteiger partial charge in [0.1, 0.15) is 11.0 Å². The fourth-order valence-corrected chi connectivity index (χ4v) is 3.63. The molecule has 3 rings (SSSR count). The lowest BCUT2D eigenvalue weighted by Crippen LogP contribution is -2.36. The molecule has 2 aromatic carbocycles. The van der Waals surface area contributed by atoms with E-state index in [1.165, 1.54) is 0 Å². The zero-order chi connectivity index (χ0) is 19.4. The summed E-state index contributed by atoms with van der Waals surface area (Å²) < 4.78 is 9.30. The summed E-state index contributed by atoms with van der Waals surface area (Å²) in [4.78, 5) is 26.2. The van der Waals surface area contributed by atoms with Gasteiger partial charge in [0.25, 0.3) is 0 Å². The number of anilines is 2. The number of likely N-dealkylation sites (N-methyl/N-ethyl adjacent to an activating group) is 1. The van der Waals surface area contributed by atoms with E-state index in [1.54, 1.807) is 18.0 Å². The maximum Gasteiger partial charge on any atom is 0.238 e. The normalized spacial score (nSPS) is 11.0. The number of halogens is 1. The van der Waals surface area contributed by atoms with Gasteiger partial charge in [-0.2, -0.15) is 8.75 Å². The zero-order valence-corrected chi connectivity index (χ0v) is 17.2. The summed E-state index contributed by atoms with van der Waals surface area (Å²) in [6.07, 6.45) is 0. The molecule has 2 amide bonds. The average Bonchev–Trinajstić information content (AvgIpc) is 3.07. The summed E-state index contributed by atoms with van der Waals surface area (Å²) in [5.74, 6) is -0.396. The van der Waals surface area contributed by atoms with Crippen molar-refractivity contribution in [1.82, 2.24) is 13.6 Å². The second kappa shape index (κ2) is 8.55. The van der Waals surface area contributed by atoms with Crippen LogP contribution in [-0.2, 0) is 9.59 Å². The molecule has 0 atom stereocenters. The van der Waals surface area contributed by atoms with Gasteiger partial charge in [0.2, 0.25) is 11.8 Å². The van der Waals surface area contributed by atoms with Crippen molar-refractivity contribution in [1.29, 1.82) is 0 Å². The molecule has 3 aromatic rings. The Hall–Kier alpha value is -2.36. The highest BCUT2D eigenvalue weighted by molar-refractivity contribution is 9.10. The van der Waals surface area contributed by atoms with Crippen molar-refractivity contribution in [3.8, 4) is 0 Å². The van der Waals surface area contributed by atoms with Crippen LogP contribution in [0.3, 0.4) is 0 Å². The van der Waals surface area contributed by atoms with E-state index in [0.717, 1.165) is 33.0 Å². The second-order valence-corrected chi connectivity index (χ2v) is 7.61. The third-order valence-electron chi connectivity index (χ3n) is 3.85. The molecule has 0 aliphatic rings. The molecule has 0 bridgehead atoms. The van der Waals surface area contributed by atoms with Crippen LogP contribution in [0.2, 0.25) is 0 Å². The molecule has 0 spiro atoms. The minimum atomic E-state index is -0.217. The van der Waals surface area contributed by atoms with E-state index in [9.17, 15) is 9.59 Å². The predicted molar refractivity (Wildman–Crippen MR) is 111 cm³/mol. The fraction of sp³-hybridized carbons (Fsp3) is 0.222. The molecule has 0 radical (unpaired) electrons. The number of fused-ring (bicyclic) bond motifs is 1. The molecule has 9 heteroatoms. The van der Waals surface area contributed by atoms with Crippen molar-refractivity contribution in [3.63, 3.8) is 0 Å². The minimum absolute atomic E-state index is 0.0840. The quantitative estimate of drug-likeness (QED) is 0.605. The number of carbonyl (C=O) groups is 2. The Bertz CT molecular complexity index is 991. The molecule has 140 valence electrons. The number of rotatable bonds is 6. The lowest BCUT2D eigenvalue weighted by Gasteiger charge is -2.16. The van der Waals surface area contributed by atoms with Gasteiger partial charge in [0, 0.05) is 10.2 Å². The lowest BCUT2D eigenvalue weighted by atomic mass is 10.2. The van der Waals surface area contributed by atoms with Crippen LogP contribution >= 0.6 is 27.7 Å². The Balaban J connectivity index is 1.53. The van der Waals surface area contributed by atoms with Crippen molar-refractivity contribution in [2.75, 3.05) is 30.8 Å². The molecule has 2 N–H and O–H groups in total. The topological polar surface area (TPSA) is 87.2 Å². The first-order valence-corrected chi connectivity index (χ1v) is 9.70. The highest BCUT2D eigenvalue weighted by Crippen LogP contribution is 2.21. The first-order valence-electron chi connectivity index (χ1n) is 8.18. The highest BCUT2D eigenvalue weighted by Gasteiger charge is 2.13. The number of aromatic nitrogens is 2. The van der Waals surface area contributed by atoms with Crippen LogP contribution < -0.4 is 10.6 Å². The first kappa shape index (κ1) is 19.4. The van der Waals surface area contributed by atoms with Crippen LogP contribution in [-0.4, -0.2) is 45.6 Å². The van der Waals surface area contributed by atoms with Crippen LogP contribution in [0.15, 0.2) is 40.9 Å². The SMILES string of the molecule is Cc1cc(Br)ccc1NC(=O)CN(C)CC(=O)Nc1cccc2nsnc12. The number of aryl methyl sites for hydroxylation is 1. The van der Waals surface area contributed by atoms with E-state index < -0.39 is 0 Å². The van der Waals surface area contributed by atoms with Gasteiger partial charge in [0.15, 0.2) is 0 Å². The van der Waals surface area contributed by atoms with Crippen LogP contribution in [0, 0.1) is 6.92 Å². The summed E-state index contributed by atoms with van der Waals surface area (Å²) >= 11 is 4.50. The molecule has 0 aliphatic carbocycles. The number of amides is 2. The third-order valence-corrected chi connectivity index (χ3v) is 4.89. The van der Waals surface area contributed by atoms with Gasteiger partial charge in [-0.15, -0.1) is 0 Å². The fourth-order valence-electron chi connectivity index (χ4n) is 2.60. The van der Waals surface area contributed by atoms with Crippen molar-refractivity contribution < 1.29 is 9.59 Å². The van der Waals surface area contributed by atoms with Crippen LogP contribution in [0.1, 0.15) is 5.56 Å². The molecule has 0 saturated heterocycles. The first-order chi connectivity index (χ1) is 12.9. The van der Waals surface area contributed by atoms with E-state index in [1.807, 2.05) is 37.3 Å². The third kappa shape index (κ3) is 5.09. The maximum absolute atomic E-state index is 12.3.